The van der Waals surface area contributed by atoms with Crippen LogP contribution in [-0.2, 0) is 14.3 Å². The Morgan fingerprint density at radius 3 is 2.38 bits per heavy atom. The Labute approximate surface area is 249 Å². The summed E-state index contributed by atoms with van der Waals surface area (Å²) >= 11 is 7.54. The van der Waals surface area contributed by atoms with E-state index in [2.05, 4.69) is 4.99 Å². The highest BCUT2D eigenvalue weighted by Gasteiger charge is 2.31. The van der Waals surface area contributed by atoms with Gasteiger partial charge in [0.05, 0.1) is 48.1 Å². The predicted molar refractivity (Wildman–Crippen MR) is 156 cm³/mol. The molecule has 0 fully saturated rings. The first-order valence-corrected chi connectivity index (χ1v) is 14.2. The van der Waals surface area contributed by atoms with Gasteiger partial charge >= 0.3 is 11.9 Å². The fourth-order valence-electron chi connectivity index (χ4n) is 4.35. The molecule has 0 bridgehead atoms. The van der Waals surface area contributed by atoms with Crippen molar-refractivity contribution in [2.45, 2.75) is 26.8 Å². The highest BCUT2D eigenvalue weighted by atomic mass is 35.5. The number of esters is 1. The van der Waals surface area contributed by atoms with Crippen molar-refractivity contribution in [3.63, 3.8) is 0 Å². The van der Waals surface area contributed by atoms with E-state index < -0.39 is 30.1 Å². The minimum Gasteiger partial charge on any atom is -0.490 e. The van der Waals surface area contributed by atoms with Crippen molar-refractivity contribution in [1.29, 1.82) is 0 Å². The molecule has 0 radical (unpaired) electrons. The van der Waals surface area contributed by atoms with Crippen LogP contribution in [0.1, 0.15) is 37.9 Å². The van der Waals surface area contributed by atoms with Crippen molar-refractivity contribution in [3.8, 4) is 23.0 Å². The fourth-order valence-corrected chi connectivity index (χ4v) is 5.59. The molecule has 0 unspecified atom stereocenters. The number of methoxy groups -OCH3 is 1. The molecule has 0 amide bonds. The number of carbonyl (C=O) groups excluding carboxylic acids is 1. The number of nitrogens with zero attached hydrogens (tertiary/aromatic N) is 2. The SMILES string of the molecule is CCOc1ccc([C@H]2C(C(=O)OC)=CN=c3s/c(=C\c4cc(Cl)c(OCC(=O)O)c(OCC)c4)c(=O)n32)cc1OCC. The number of aromatic nitrogens is 1. The lowest BCUT2D eigenvalue weighted by atomic mass is 9.97. The summed E-state index contributed by atoms with van der Waals surface area (Å²) in [5, 5.41) is 9.11. The number of halogens is 1. The predicted octanol–water partition coefficient (Wildman–Crippen LogP) is 3.33. The summed E-state index contributed by atoms with van der Waals surface area (Å²) in [4.78, 5) is 42.4. The Bertz CT molecular complexity index is 1710. The Morgan fingerprint density at radius 1 is 1.02 bits per heavy atom. The molecule has 222 valence electrons. The van der Waals surface area contributed by atoms with E-state index in [4.69, 9.17) is 40.4 Å². The lowest BCUT2D eigenvalue weighted by Gasteiger charge is -2.23. The average molecular weight is 617 g/mol. The van der Waals surface area contributed by atoms with Crippen LogP contribution in [0, 0.1) is 0 Å². The molecule has 42 heavy (non-hydrogen) atoms. The second-order valence-electron chi connectivity index (χ2n) is 8.69. The van der Waals surface area contributed by atoms with Gasteiger partial charge in [-0.25, -0.2) is 14.6 Å². The smallest absolute Gasteiger partial charge is 0.341 e. The van der Waals surface area contributed by atoms with Crippen LogP contribution in [-0.4, -0.2) is 55.1 Å². The number of hydrogen-bond donors (Lipinski definition) is 1. The zero-order valence-corrected chi connectivity index (χ0v) is 24.9. The van der Waals surface area contributed by atoms with E-state index in [0.717, 1.165) is 11.3 Å². The van der Waals surface area contributed by atoms with Gasteiger partial charge in [0, 0.05) is 6.20 Å². The van der Waals surface area contributed by atoms with Gasteiger partial charge in [-0.1, -0.05) is 29.0 Å². The van der Waals surface area contributed by atoms with Gasteiger partial charge in [0.2, 0.25) is 0 Å². The lowest BCUT2D eigenvalue weighted by Crippen LogP contribution is -2.39. The van der Waals surface area contributed by atoms with Gasteiger partial charge in [-0.05, 0) is 62.2 Å². The van der Waals surface area contributed by atoms with Gasteiger partial charge in [-0.2, -0.15) is 0 Å². The third kappa shape index (κ3) is 6.44. The van der Waals surface area contributed by atoms with E-state index >= 15 is 0 Å². The third-order valence-electron chi connectivity index (χ3n) is 5.98. The number of carboxylic acids is 1. The number of ether oxygens (including phenoxy) is 5. The molecule has 2 aromatic carbocycles. The summed E-state index contributed by atoms with van der Waals surface area (Å²) in [6, 6.07) is 7.53. The molecule has 0 aliphatic carbocycles. The Balaban J connectivity index is 1.86. The number of hydrogen-bond acceptors (Lipinski definition) is 10. The monoisotopic (exact) mass is 616 g/mol. The molecule has 11 nitrogen and oxygen atoms in total. The van der Waals surface area contributed by atoms with Crippen molar-refractivity contribution in [3.05, 3.63) is 77.9 Å². The van der Waals surface area contributed by atoms with Crippen LogP contribution in [0.2, 0.25) is 5.02 Å². The van der Waals surface area contributed by atoms with Gasteiger partial charge in [0.15, 0.2) is 34.4 Å². The molecule has 3 aromatic rings. The molecule has 0 spiro atoms. The van der Waals surface area contributed by atoms with Crippen LogP contribution in [0.3, 0.4) is 0 Å². The van der Waals surface area contributed by atoms with Crippen LogP contribution in [0.5, 0.6) is 23.0 Å². The highest BCUT2D eigenvalue weighted by Crippen LogP contribution is 2.37. The highest BCUT2D eigenvalue weighted by molar-refractivity contribution is 7.07. The van der Waals surface area contributed by atoms with E-state index in [1.807, 2.05) is 13.8 Å². The molecule has 1 aromatic heterocycles. The summed E-state index contributed by atoms with van der Waals surface area (Å²) in [6.45, 7) is 5.96. The van der Waals surface area contributed by atoms with Gasteiger partial charge in [0.1, 0.15) is 0 Å². The van der Waals surface area contributed by atoms with Crippen LogP contribution >= 0.6 is 22.9 Å². The molecule has 1 atom stereocenters. The summed E-state index contributed by atoms with van der Waals surface area (Å²) in [5.74, 6) is -0.465. The zero-order chi connectivity index (χ0) is 30.4. The van der Waals surface area contributed by atoms with E-state index in [9.17, 15) is 14.4 Å². The van der Waals surface area contributed by atoms with E-state index in [1.54, 1.807) is 37.3 Å². The number of carbonyl (C=O) groups is 2. The van der Waals surface area contributed by atoms with Gasteiger partial charge < -0.3 is 28.8 Å². The maximum atomic E-state index is 13.9. The number of aliphatic carboxylic acids is 1. The number of benzene rings is 2. The van der Waals surface area contributed by atoms with Gasteiger partial charge in [-0.15, -0.1) is 0 Å². The van der Waals surface area contributed by atoms with E-state index in [1.165, 1.54) is 23.9 Å². The zero-order valence-electron chi connectivity index (χ0n) is 23.3. The molecular weight excluding hydrogens is 588 g/mol. The summed E-state index contributed by atoms with van der Waals surface area (Å²) in [7, 11) is 1.26. The van der Waals surface area contributed by atoms with Crippen molar-refractivity contribution in [1.82, 2.24) is 4.57 Å². The molecule has 0 saturated carbocycles. The van der Waals surface area contributed by atoms with Crippen LogP contribution < -0.4 is 33.8 Å². The van der Waals surface area contributed by atoms with Crippen LogP contribution in [0.25, 0.3) is 6.08 Å². The van der Waals surface area contributed by atoms with Gasteiger partial charge in [-0.3, -0.25) is 9.36 Å². The minimum absolute atomic E-state index is 0.0860. The maximum Gasteiger partial charge on any atom is 0.341 e. The molecule has 1 N–H and O–H groups in total. The minimum atomic E-state index is -1.17. The second kappa shape index (κ2) is 13.6. The normalized spacial score (nSPS) is 14.4. The summed E-state index contributed by atoms with van der Waals surface area (Å²) in [5.41, 5.74) is 0.887. The number of rotatable bonds is 12. The third-order valence-corrected chi connectivity index (χ3v) is 7.26. The quantitative estimate of drug-likeness (QED) is 0.304. The van der Waals surface area contributed by atoms with Crippen LogP contribution in [0.15, 0.2) is 51.9 Å². The van der Waals surface area contributed by atoms with Crippen molar-refractivity contribution >= 4 is 41.0 Å². The van der Waals surface area contributed by atoms with Crippen molar-refractivity contribution < 1.29 is 38.4 Å². The molecular formula is C29H29ClN2O9S. The fraction of sp³-hybridized carbons (Fsp3) is 0.310. The maximum absolute atomic E-state index is 13.9. The Kier molecular flexibility index (Phi) is 9.92. The molecule has 2 heterocycles. The second-order valence-corrected chi connectivity index (χ2v) is 10.1. The standard InChI is InChI=1S/C29H29ClN2O9S/c1-5-38-20-9-8-17(13-21(20)39-6-2)25-18(28(36)37-4)14-31-29-32(25)27(35)23(42-29)12-16-10-19(30)26(41-15-24(33)34)22(11-16)40-7-3/h8-14,25H,5-7,15H2,1-4H3,(H,33,34)/b23-12-/t25-/m0/s1. The molecule has 4 rings (SSSR count). The van der Waals surface area contributed by atoms with Gasteiger partial charge in [0.25, 0.3) is 5.56 Å². The summed E-state index contributed by atoms with van der Waals surface area (Å²) in [6.07, 6.45) is 3.02. The molecule has 1 aliphatic heterocycles. The van der Waals surface area contributed by atoms with Crippen molar-refractivity contribution in [2.24, 2.45) is 4.99 Å². The topological polar surface area (TPSA) is 135 Å². The van der Waals surface area contributed by atoms with Crippen LogP contribution in [0.4, 0.5) is 0 Å². The summed E-state index contributed by atoms with van der Waals surface area (Å²) < 4.78 is 29.2. The largest absolute Gasteiger partial charge is 0.490 e. The molecule has 13 heteroatoms. The van der Waals surface area contributed by atoms with E-state index in [-0.39, 0.29) is 28.7 Å². The average Bonchev–Trinajstić information content (AvgIpc) is 3.27. The lowest BCUT2D eigenvalue weighted by molar-refractivity contribution is -0.139. The first-order chi connectivity index (χ1) is 20.2. The number of thiazole rings is 1. The Morgan fingerprint density at radius 2 is 1.71 bits per heavy atom. The Hall–Kier alpha value is -4.29. The van der Waals surface area contributed by atoms with E-state index in [0.29, 0.717) is 45.2 Å². The first-order valence-electron chi connectivity index (χ1n) is 13.0. The van der Waals surface area contributed by atoms with Crippen molar-refractivity contribution in [2.75, 3.05) is 33.5 Å². The number of fused-ring (bicyclic) bond motifs is 1. The molecule has 1 aliphatic rings. The molecule has 0 saturated heterocycles. The number of carboxylic acid groups (broad SMARTS) is 1. The first kappa shape index (κ1) is 30.7.